The highest BCUT2D eigenvalue weighted by atomic mass is 16.2. The molecule has 1 aliphatic carbocycles. The second kappa shape index (κ2) is 7.20. The van der Waals surface area contributed by atoms with E-state index in [2.05, 4.69) is 22.6 Å². The monoisotopic (exact) mass is 321 g/mol. The summed E-state index contributed by atoms with van der Waals surface area (Å²) >= 11 is 0. The lowest BCUT2D eigenvalue weighted by atomic mass is 9.67. The third kappa shape index (κ3) is 4.46. The molecule has 2 aliphatic heterocycles. The number of nitrogens with one attached hydrogen (secondary N) is 2. The van der Waals surface area contributed by atoms with Crippen molar-refractivity contribution in [1.82, 2.24) is 15.5 Å². The molecule has 23 heavy (non-hydrogen) atoms. The first-order valence-electron chi connectivity index (χ1n) is 9.29. The minimum Gasteiger partial charge on any atom is -0.356 e. The molecule has 1 unspecified atom stereocenters. The molecule has 0 aromatic carbocycles. The van der Waals surface area contributed by atoms with Gasteiger partial charge in [-0.05, 0) is 76.4 Å². The van der Waals surface area contributed by atoms with Crippen molar-refractivity contribution >= 4 is 11.8 Å². The van der Waals surface area contributed by atoms with Crippen LogP contribution in [0.25, 0.3) is 0 Å². The molecule has 2 saturated heterocycles. The molecule has 0 radical (unpaired) electrons. The van der Waals surface area contributed by atoms with Gasteiger partial charge in [0.05, 0.1) is 0 Å². The molecule has 130 valence electrons. The van der Waals surface area contributed by atoms with Crippen LogP contribution in [0.3, 0.4) is 0 Å². The number of carbonyl (C=O) groups is 2. The van der Waals surface area contributed by atoms with Gasteiger partial charge in [0, 0.05) is 25.4 Å². The number of amides is 2. The Morgan fingerprint density at radius 3 is 2.52 bits per heavy atom. The summed E-state index contributed by atoms with van der Waals surface area (Å²) in [6.07, 6.45) is 9.44. The van der Waals surface area contributed by atoms with Gasteiger partial charge in [0.15, 0.2) is 0 Å². The Bertz CT molecular complexity index is 424. The topological polar surface area (TPSA) is 61.4 Å². The van der Waals surface area contributed by atoms with E-state index in [9.17, 15) is 9.59 Å². The highest BCUT2D eigenvalue weighted by Crippen LogP contribution is 2.44. The van der Waals surface area contributed by atoms with E-state index in [0.717, 1.165) is 19.3 Å². The van der Waals surface area contributed by atoms with Crippen LogP contribution < -0.4 is 10.6 Å². The smallest absolute Gasteiger partial charge is 0.220 e. The van der Waals surface area contributed by atoms with Crippen LogP contribution in [0, 0.1) is 11.3 Å². The fourth-order valence-corrected chi connectivity index (χ4v) is 4.47. The summed E-state index contributed by atoms with van der Waals surface area (Å²) < 4.78 is 0. The molecule has 0 aromatic rings. The first kappa shape index (κ1) is 16.7. The van der Waals surface area contributed by atoms with Gasteiger partial charge in [-0.1, -0.05) is 0 Å². The molecule has 3 fully saturated rings. The van der Waals surface area contributed by atoms with Gasteiger partial charge >= 0.3 is 0 Å². The van der Waals surface area contributed by atoms with Crippen molar-refractivity contribution in [1.29, 1.82) is 0 Å². The van der Waals surface area contributed by atoms with Crippen molar-refractivity contribution in [2.24, 2.45) is 11.3 Å². The van der Waals surface area contributed by atoms with Crippen molar-refractivity contribution in [3.63, 3.8) is 0 Å². The largest absolute Gasteiger partial charge is 0.356 e. The third-order valence-electron chi connectivity index (χ3n) is 6.30. The lowest BCUT2D eigenvalue weighted by Crippen LogP contribution is -2.45. The van der Waals surface area contributed by atoms with Gasteiger partial charge in [0.2, 0.25) is 11.8 Å². The van der Waals surface area contributed by atoms with Crippen molar-refractivity contribution < 1.29 is 9.59 Å². The summed E-state index contributed by atoms with van der Waals surface area (Å²) in [5.41, 5.74) is 0.557. The maximum atomic E-state index is 12.2. The first-order valence-corrected chi connectivity index (χ1v) is 9.29. The molecular weight excluding hydrogens is 290 g/mol. The zero-order chi connectivity index (χ0) is 16.3. The van der Waals surface area contributed by atoms with Crippen LogP contribution in [0.15, 0.2) is 0 Å². The molecule has 2 amide bonds. The van der Waals surface area contributed by atoms with E-state index in [0.29, 0.717) is 36.8 Å². The molecule has 0 aromatic heterocycles. The van der Waals surface area contributed by atoms with Crippen molar-refractivity contribution in [3.05, 3.63) is 0 Å². The normalized spacial score (nSPS) is 29.3. The average Bonchev–Trinajstić information content (AvgIpc) is 2.55. The van der Waals surface area contributed by atoms with E-state index < -0.39 is 0 Å². The highest BCUT2D eigenvalue weighted by Gasteiger charge is 2.37. The minimum atomic E-state index is 0.123. The molecule has 2 heterocycles. The molecular formula is C18H31N3O2. The van der Waals surface area contributed by atoms with E-state index in [-0.39, 0.29) is 11.8 Å². The Labute approximate surface area is 139 Å². The SMILES string of the molecule is CN1CCC2(CCC(NC(=O)CC3CCC(=O)NC3)CC2)CC1. The zero-order valence-corrected chi connectivity index (χ0v) is 14.4. The van der Waals surface area contributed by atoms with E-state index in [1.807, 2.05) is 0 Å². The van der Waals surface area contributed by atoms with Crippen LogP contribution in [0.2, 0.25) is 0 Å². The second-order valence-corrected chi connectivity index (χ2v) is 8.06. The summed E-state index contributed by atoms with van der Waals surface area (Å²) in [6.45, 7) is 3.11. The molecule has 3 rings (SSSR count). The number of hydrogen-bond acceptors (Lipinski definition) is 3. The van der Waals surface area contributed by atoms with E-state index >= 15 is 0 Å². The van der Waals surface area contributed by atoms with Crippen LogP contribution in [0.5, 0.6) is 0 Å². The Hall–Kier alpha value is -1.10. The first-order chi connectivity index (χ1) is 11.0. The van der Waals surface area contributed by atoms with Crippen molar-refractivity contribution in [2.75, 3.05) is 26.7 Å². The number of nitrogens with zero attached hydrogens (tertiary/aromatic N) is 1. The van der Waals surface area contributed by atoms with Crippen LogP contribution in [0.4, 0.5) is 0 Å². The molecule has 1 atom stereocenters. The zero-order valence-electron chi connectivity index (χ0n) is 14.4. The molecule has 5 nitrogen and oxygen atoms in total. The lowest BCUT2D eigenvalue weighted by Gasteiger charge is -2.45. The van der Waals surface area contributed by atoms with E-state index in [1.54, 1.807) is 0 Å². The molecule has 1 saturated carbocycles. The van der Waals surface area contributed by atoms with Gasteiger partial charge in [0.25, 0.3) is 0 Å². The molecule has 0 bridgehead atoms. The molecule has 3 aliphatic rings. The molecule has 5 heteroatoms. The van der Waals surface area contributed by atoms with Gasteiger partial charge in [-0.3, -0.25) is 9.59 Å². The van der Waals surface area contributed by atoms with Gasteiger partial charge in [0.1, 0.15) is 0 Å². The number of likely N-dealkylation sites (tertiary alicyclic amines) is 1. The summed E-state index contributed by atoms with van der Waals surface area (Å²) in [7, 11) is 2.21. The van der Waals surface area contributed by atoms with Crippen LogP contribution >= 0.6 is 0 Å². The fraction of sp³-hybridized carbons (Fsp3) is 0.889. The average molecular weight is 321 g/mol. The van der Waals surface area contributed by atoms with Gasteiger partial charge in [-0.2, -0.15) is 0 Å². The van der Waals surface area contributed by atoms with E-state index in [1.165, 1.54) is 38.8 Å². The van der Waals surface area contributed by atoms with Gasteiger partial charge < -0.3 is 15.5 Å². The van der Waals surface area contributed by atoms with Gasteiger partial charge in [-0.15, -0.1) is 0 Å². The fourth-order valence-electron chi connectivity index (χ4n) is 4.47. The highest BCUT2D eigenvalue weighted by molar-refractivity contribution is 5.78. The maximum absolute atomic E-state index is 12.2. The minimum absolute atomic E-state index is 0.123. The number of piperidine rings is 2. The van der Waals surface area contributed by atoms with Crippen molar-refractivity contribution in [2.45, 2.75) is 63.8 Å². The Morgan fingerprint density at radius 2 is 1.91 bits per heavy atom. The van der Waals surface area contributed by atoms with Crippen LogP contribution in [-0.2, 0) is 9.59 Å². The number of carbonyl (C=O) groups excluding carboxylic acids is 2. The van der Waals surface area contributed by atoms with Crippen LogP contribution in [0.1, 0.15) is 57.8 Å². The quantitative estimate of drug-likeness (QED) is 0.831. The predicted octanol–water partition coefficient (Wildman–Crippen LogP) is 1.67. The van der Waals surface area contributed by atoms with Crippen LogP contribution in [-0.4, -0.2) is 49.4 Å². The summed E-state index contributed by atoms with van der Waals surface area (Å²) in [5.74, 6) is 0.615. The van der Waals surface area contributed by atoms with Gasteiger partial charge in [-0.25, -0.2) is 0 Å². The number of hydrogen-bond donors (Lipinski definition) is 2. The Balaban J connectivity index is 1.38. The second-order valence-electron chi connectivity index (χ2n) is 8.06. The Kier molecular flexibility index (Phi) is 5.24. The maximum Gasteiger partial charge on any atom is 0.220 e. The standard InChI is InChI=1S/C18H31N3O2/c1-21-10-8-18(9-11-21)6-4-15(5-7-18)20-17(23)12-14-2-3-16(22)19-13-14/h14-15H,2-13H2,1H3,(H,19,22)(H,20,23). The molecule has 2 N–H and O–H groups in total. The van der Waals surface area contributed by atoms with E-state index in [4.69, 9.17) is 0 Å². The summed E-state index contributed by atoms with van der Waals surface area (Å²) in [5, 5.41) is 6.11. The number of rotatable bonds is 3. The predicted molar refractivity (Wildman–Crippen MR) is 89.9 cm³/mol. The Morgan fingerprint density at radius 1 is 1.22 bits per heavy atom. The summed E-state index contributed by atoms with van der Waals surface area (Å²) in [4.78, 5) is 25.8. The van der Waals surface area contributed by atoms with Crippen molar-refractivity contribution in [3.8, 4) is 0 Å². The summed E-state index contributed by atoms with van der Waals surface area (Å²) in [6, 6.07) is 0.367. The lowest BCUT2D eigenvalue weighted by molar-refractivity contribution is -0.126. The third-order valence-corrected chi connectivity index (χ3v) is 6.30. The molecule has 1 spiro atoms.